The fraction of sp³-hybridized carbons (Fsp3) is 0.444. The van der Waals surface area contributed by atoms with Crippen molar-refractivity contribution in [3.05, 3.63) is 26.9 Å². The summed E-state index contributed by atoms with van der Waals surface area (Å²) >= 11 is 4.80. The molecule has 1 saturated carbocycles. The SMILES string of the molecule is O=C(Cc1cc(=O)[nH]c(=S)[nH]1)NC1CC1. The zero-order chi connectivity index (χ0) is 10.8. The van der Waals surface area contributed by atoms with Crippen LogP contribution in [-0.2, 0) is 11.2 Å². The lowest BCUT2D eigenvalue weighted by molar-refractivity contribution is -0.120. The van der Waals surface area contributed by atoms with Crippen molar-refractivity contribution >= 4 is 18.1 Å². The first-order valence-electron chi connectivity index (χ1n) is 4.75. The summed E-state index contributed by atoms with van der Waals surface area (Å²) in [7, 11) is 0. The van der Waals surface area contributed by atoms with Gasteiger partial charge in [-0.05, 0) is 25.1 Å². The van der Waals surface area contributed by atoms with Crippen molar-refractivity contribution in [2.75, 3.05) is 0 Å². The first kappa shape index (κ1) is 10.1. The van der Waals surface area contributed by atoms with Crippen molar-refractivity contribution < 1.29 is 4.79 Å². The molecule has 3 N–H and O–H groups in total. The number of carbonyl (C=O) groups excluding carboxylic acids is 1. The van der Waals surface area contributed by atoms with E-state index in [0.717, 1.165) is 12.8 Å². The van der Waals surface area contributed by atoms with Crippen LogP contribution < -0.4 is 10.9 Å². The Morgan fingerprint density at radius 2 is 2.27 bits per heavy atom. The van der Waals surface area contributed by atoms with Gasteiger partial charge in [-0.15, -0.1) is 0 Å². The number of hydrogen-bond donors (Lipinski definition) is 3. The summed E-state index contributed by atoms with van der Waals surface area (Å²) in [5, 5.41) is 2.84. The number of carbonyl (C=O) groups is 1. The van der Waals surface area contributed by atoms with Crippen molar-refractivity contribution in [2.45, 2.75) is 25.3 Å². The van der Waals surface area contributed by atoms with Gasteiger partial charge in [0.2, 0.25) is 5.91 Å². The van der Waals surface area contributed by atoms with Crippen LogP contribution in [0.5, 0.6) is 0 Å². The van der Waals surface area contributed by atoms with Crippen LogP contribution in [0.15, 0.2) is 10.9 Å². The summed E-state index contributed by atoms with van der Waals surface area (Å²) < 4.78 is 0.247. The Kier molecular flexibility index (Phi) is 2.68. The zero-order valence-corrected chi connectivity index (χ0v) is 8.82. The molecule has 0 atom stereocenters. The van der Waals surface area contributed by atoms with Crippen LogP contribution in [0.3, 0.4) is 0 Å². The molecule has 1 amide bonds. The van der Waals surface area contributed by atoms with Crippen LogP contribution in [0, 0.1) is 4.77 Å². The molecule has 0 saturated heterocycles. The molecule has 1 fully saturated rings. The van der Waals surface area contributed by atoms with Gasteiger partial charge < -0.3 is 10.3 Å². The molecule has 0 unspecified atom stereocenters. The van der Waals surface area contributed by atoms with Gasteiger partial charge in [-0.1, -0.05) is 0 Å². The fourth-order valence-corrected chi connectivity index (χ4v) is 1.53. The summed E-state index contributed by atoms with van der Waals surface area (Å²) in [4.78, 5) is 27.6. The molecular weight excluding hydrogens is 214 g/mol. The highest BCUT2D eigenvalue weighted by Gasteiger charge is 2.23. The molecule has 1 aliphatic carbocycles. The third kappa shape index (κ3) is 3.02. The predicted molar refractivity (Wildman–Crippen MR) is 57.1 cm³/mol. The Morgan fingerprint density at radius 3 is 2.87 bits per heavy atom. The van der Waals surface area contributed by atoms with E-state index in [-0.39, 0.29) is 22.7 Å². The highest BCUT2D eigenvalue weighted by molar-refractivity contribution is 7.71. The number of H-pyrrole nitrogens is 2. The average Bonchev–Trinajstić information content (AvgIpc) is 2.85. The monoisotopic (exact) mass is 225 g/mol. The molecule has 0 radical (unpaired) electrons. The smallest absolute Gasteiger partial charge is 0.251 e. The van der Waals surface area contributed by atoms with Gasteiger partial charge in [0, 0.05) is 17.8 Å². The van der Waals surface area contributed by atoms with E-state index in [4.69, 9.17) is 12.2 Å². The molecule has 0 bridgehead atoms. The van der Waals surface area contributed by atoms with Gasteiger partial charge in [0.1, 0.15) is 0 Å². The molecule has 0 aromatic carbocycles. The minimum absolute atomic E-state index is 0.0752. The molecule has 1 heterocycles. The van der Waals surface area contributed by atoms with E-state index < -0.39 is 0 Å². The average molecular weight is 225 g/mol. The molecule has 2 rings (SSSR count). The summed E-state index contributed by atoms with van der Waals surface area (Å²) in [5.41, 5.74) is 0.259. The van der Waals surface area contributed by atoms with E-state index in [1.807, 2.05) is 0 Å². The van der Waals surface area contributed by atoms with Gasteiger partial charge in [-0.25, -0.2) is 0 Å². The van der Waals surface area contributed by atoms with Crippen molar-refractivity contribution in [2.24, 2.45) is 0 Å². The maximum absolute atomic E-state index is 11.4. The number of nitrogens with one attached hydrogen (secondary N) is 3. The molecule has 80 valence electrons. The number of rotatable bonds is 3. The van der Waals surface area contributed by atoms with Gasteiger partial charge in [0.25, 0.3) is 5.56 Å². The van der Waals surface area contributed by atoms with E-state index in [2.05, 4.69) is 15.3 Å². The van der Waals surface area contributed by atoms with Crippen molar-refractivity contribution in [1.29, 1.82) is 0 Å². The van der Waals surface area contributed by atoms with Crippen molar-refractivity contribution in [1.82, 2.24) is 15.3 Å². The molecule has 0 spiro atoms. The first-order chi connectivity index (χ1) is 7.13. The number of hydrogen-bond acceptors (Lipinski definition) is 3. The van der Waals surface area contributed by atoms with Gasteiger partial charge in [-0.2, -0.15) is 0 Å². The molecule has 1 aliphatic rings. The van der Waals surface area contributed by atoms with Crippen LogP contribution >= 0.6 is 12.2 Å². The molecule has 15 heavy (non-hydrogen) atoms. The van der Waals surface area contributed by atoms with Gasteiger partial charge >= 0.3 is 0 Å². The lowest BCUT2D eigenvalue weighted by atomic mass is 10.3. The zero-order valence-electron chi connectivity index (χ0n) is 8.00. The summed E-state index contributed by atoms with van der Waals surface area (Å²) in [5.74, 6) is -0.0752. The highest BCUT2D eigenvalue weighted by atomic mass is 32.1. The maximum Gasteiger partial charge on any atom is 0.251 e. The Bertz CT molecular complexity index is 458. The second kappa shape index (κ2) is 3.98. The van der Waals surface area contributed by atoms with Crippen LogP contribution in [-0.4, -0.2) is 21.9 Å². The molecule has 5 nitrogen and oxygen atoms in total. The van der Waals surface area contributed by atoms with E-state index >= 15 is 0 Å². The van der Waals surface area contributed by atoms with Crippen LogP contribution in [0.2, 0.25) is 0 Å². The van der Waals surface area contributed by atoms with Crippen molar-refractivity contribution in [3.63, 3.8) is 0 Å². The normalized spacial score (nSPS) is 14.9. The van der Waals surface area contributed by atoms with Crippen molar-refractivity contribution in [3.8, 4) is 0 Å². The van der Waals surface area contributed by atoms with Crippen LogP contribution in [0.4, 0.5) is 0 Å². The third-order valence-electron chi connectivity index (χ3n) is 2.11. The van der Waals surface area contributed by atoms with E-state index in [1.165, 1.54) is 6.07 Å². The summed E-state index contributed by atoms with van der Waals surface area (Å²) in [6.45, 7) is 0. The predicted octanol–water partition coefficient (Wildman–Crippen LogP) is 0.254. The van der Waals surface area contributed by atoms with Gasteiger partial charge in [-0.3, -0.25) is 14.6 Å². The Hall–Kier alpha value is -1.43. The van der Waals surface area contributed by atoms with E-state index in [1.54, 1.807) is 0 Å². The second-order valence-electron chi connectivity index (χ2n) is 3.63. The minimum Gasteiger partial charge on any atom is -0.353 e. The highest BCUT2D eigenvalue weighted by Crippen LogP contribution is 2.18. The molecule has 1 aromatic rings. The fourth-order valence-electron chi connectivity index (χ4n) is 1.29. The van der Waals surface area contributed by atoms with Gasteiger partial charge in [0.05, 0.1) is 6.42 Å². The molecular formula is C9H11N3O2S. The standard InChI is InChI=1S/C9H11N3O2S/c13-7(10-5-1-2-5)3-6-4-8(14)12-9(15)11-6/h4-5H,1-3H2,(H,10,13)(H2,11,12,14,15). The molecule has 0 aliphatic heterocycles. The Labute approximate surface area is 90.9 Å². The van der Waals surface area contributed by atoms with E-state index in [9.17, 15) is 9.59 Å². The third-order valence-corrected chi connectivity index (χ3v) is 2.31. The quantitative estimate of drug-likeness (QED) is 0.645. The lowest BCUT2D eigenvalue weighted by Crippen LogP contribution is -2.27. The summed E-state index contributed by atoms with van der Waals surface area (Å²) in [6, 6.07) is 1.69. The van der Waals surface area contributed by atoms with Crippen LogP contribution in [0.25, 0.3) is 0 Å². The maximum atomic E-state index is 11.4. The number of aromatic nitrogens is 2. The molecule has 6 heteroatoms. The molecule has 1 aromatic heterocycles. The van der Waals surface area contributed by atoms with Crippen LogP contribution in [0.1, 0.15) is 18.5 Å². The largest absolute Gasteiger partial charge is 0.353 e. The first-order valence-corrected chi connectivity index (χ1v) is 5.16. The summed E-state index contributed by atoms with van der Waals surface area (Å²) in [6.07, 6.45) is 2.28. The van der Waals surface area contributed by atoms with E-state index in [0.29, 0.717) is 11.7 Å². The second-order valence-corrected chi connectivity index (χ2v) is 4.04. The minimum atomic E-state index is -0.284. The topological polar surface area (TPSA) is 77.8 Å². The van der Waals surface area contributed by atoms with Gasteiger partial charge in [0.15, 0.2) is 4.77 Å². The number of aromatic amines is 2. The lowest BCUT2D eigenvalue weighted by Gasteiger charge is -2.02. The Balaban J connectivity index is 2.05. The number of amides is 1. The Morgan fingerprint density at radius 1 is 1.53 bits per heavy atom.